The molecule has 0 aliphatic rings. The van der Waals surface area contributed by atoms with Gasteiger partial charge in [-0.3, -0.25) is 4.79 Å². The van der Waals surface area contributed by atoms with Gasteiger partial charge in [0.1, 0.15) is 5.60 Å². The Morgan fingerprint density at radius 3 is 1.52 bits per heavy atom. The Morgan fingerprint density at radius 1 is 0.655 bits per heavy atom. The Morgan fingerprint density at radius 2 is 1.07 bits per heavy atom. The van der Waals surface area contributed by atoms with Crippen LogP contribution < -0.4 is 0 Å². The van der Waals surface area contributed by atoms with Gasteiger partial charge in [0.15, 0.2) is 0 Å². The third-order valence-corrected chi connectivity index (χ3v) is 4.07. The predicted octanol–water partition coefficient (Wildman–Crippen LogP) is 2.18. The second-order valence-corrected chi connectivity index (χ2v) is 8.23. The zero-order chi connectivity index (χ0) is 21.6. The smallest absolute Gasteiger partial charge is 0.308 e. The molecule has 0 amide bonds. The highest BCUT2D eigenvalue weighted by atomic mass is 32.2. The lowest BCUT2D eigenvalue weighted by atomic mass is 10.2. The molecule has 0 atom stereocenters. The molecule has 29 heavy (non-hydrogen) atoms. The molecule has 0 aromatic carbocycles. The van der Waals surface area contributed by atoms with Crippen LogP contribution in [0.4, 0.5) is 0 Å². The van der Waals surface area contributed by atoms with Crippen LogP contribution >= 0.6 is 11.8 Å². The second-order valence-electron chi connectivity index (χ2n) is 7.00. The van der Waals surface area contributed by atoms with Gasteiger partial charge in [-0.05, 0) is 20.8 Å². The van der Waals surface area contributed by atoms with Crippen LogP contribution in [0, 0.1) is 0 Å². The van der Waals surface area contributed by atoms with Crippen molar-refractivity contribution in [1.82, 2.24) is 0 Å². The summed E-state index contributed by atoms with van der Waals surface area (Å²) < 4.78 is 37.1. The van der Waals surface area contributed by atoms with Crippen LogP contribution in [-0.2, 0) is 38.0 Å². The van der Waals surface area contributed by atoms with Gasteiger partial charge in [0, 0.05) is 18.6 Å². The molecule has 0 saturated carbocycles. The SMILES string of the molecule is COCCOCCOCCSCCOCCOCCOCCC(=O)OC(C)(C)C. The van der Waals surface area contributed by atoms with Crippen molar-refractivity contribution in [1.29, 1.82) is 0 Å². The van der Waals surface area contributed by atoms with E-state index in [0.29, 0.717) is 66.1 Å². The van der Waals surface area contributed by atoms with Crippen LogP contribution in [0.15, 0.2) is 0 Å². The lowest BCUT2D eigenvalue weighted by molar-refractivity contribution is -0.156. The maximum absolute atomic E-state index is 11.5. The van der Waals surface area contributed by atoms with Gasteiger partial charge in [-0.2, -0.15) is 11.8 Å². The first kappa shape index (κ1) is 28.6. The summed E-state index contributed by atoms with van der Waals surface area (Å²) in [7, 11) is 1.65. The number of methoxy groups -OCH3 is 1. The third kappa shape index (κ3) is 25.5. The quantitative estimate of drug-likeness (QED) is 0.197. The number of rotatable bonds is 21. The lowest BCUT2D eigenvalue weighted by Crippen LogP contribution is -2.24. The second kappa shape index (κ2) is 20.8. The first-order chi connectivity index (χ1) is 14.0. The zero-order valence-corrected chi connectivity index (χ0v) is 19.4. The Hall–Kier alpha value is -0.420. The minimum atomic E-state index is -0.452. The molecule has 9 heteroatoms. The number of carbonyl (C=O) groups is 1. The van der Waals surface area contributed by atoms with Crippen molar-refractivity contribution >= 4 is 17.7 Å². The fourth-order valence-corrected chi connectivity index (χ4v) is 2.57. The predicted molar refractivity (Wildman–Crippen MR) is 114 cm³/mol. The molecule has 0 unspecified atom stereocenters. The van der Waals surface area contributed by atoms with E-state index in [4.69, 9.17) is 33.2 Å². The van der Waals surface area contributed by atoms with Crippen molar-refractivity contribution in [3.8, 4) is 0 Å². The molecule has 174 valence electrons. The summed E-state index contributed by atoms with van der Waals surface area (Å²) in [5.41, 5.74) is -0.452. The molecule has 0 aromatic heterocycles. The van der Waals surface area contributed by atoms with Crippen LogP contribution in [0.2, 0.25) is 0 Å². The molecule has 0 aliphatic carbocycles. The molecule has 0 heterocycles. The molecule has 8 nitrogen and oxygen atoms in total. The highest BCUT2D eigenvalue weighted by Gasteiger charge is 2.15. The molecule has 0 aromatic rings. The van der Waals surface area contributed by atoms with Gasteiger partial charge in [-0.15, -0.1) is 0 Å². The van der Waals surface area contributed by atoms with E-state index in [9.17, 15) is 4.79 Å². The standard InChI is InChI=1S/C20H40O8S/c1-20(2,3)28-19(21)5-6-23-9-10-25-12-14-27-16-18-29-17-15-26-13-11-24-8-7-22-4/h5-18H2,1-4H3. The van der Waals surface area contributed by atoms with E-state index < -0.39 is 5.60 Å². The molecule has 0 aliphatic heterocycles. The molecule has 0 saturated heterocycles. The summed E-state index contributed by atoms with van der Waals surface area (Å²) in [6, 6.07) is 0. The first-order valence-corrected chi connectivity index (χ1v) is 11.3. The summed E-state index contributed by atoms with van der Waals surface area (Å²) in [5, 5.41) is 0. The topological polar surface area (TPSA) is 81.7 Å². The maximum atomic E-state index is 11.5. The van der Waals surface area contributed by atoms with Gasteiger partial charge in [0.05, 0.1) is 79.1 Å². The Bertz CT molecular complexity index is 363. The molecular formula is C20H40O8S. The minimum Gasteiger partial charge on any atom is -0.460 e. The Labute approximate surface area is 180 Å². The van der Waals surface area contributed by atoms with E-state index >= 15 is 0 Å². The fourth-order valence-electron chi connectivity index (χ4n) is 1.89. The molecule has 0 bridgehead atoms. The number of ether oxygens (including phenoxy) is 7. The minimum absolute atomic E-state index is 0.247. The number of thioether (sulfide) groups is 1. The normalized spacial score (nSPS) is 11.7. The Kier molecular flexibility index (Phi) is 20.5. The van der Waals surface area contributed by atoms with Gasteiger partial charge in [-0.25, -0.2) is 0 Å². The third-order valence-electron chi connectivity index (χ3n) is 3.16. The molecule has 0 N–H and O–H groups in total. The van der Waals surface area contributed by atoms with E-state index in [0.717, 1.165) is 18.1 Å². The van der Waals surface area contributed by atoms with Gasteiger partial charge in [0.2, 0.25) is 0 Å². The van der Waals surface area contributed by atoms with Crippen LogP contribution in [0.25, 0.3) is 0 Å². The van der Waals surface area contributed by atoms with Crippen LogP contribution in [-0.4, -0.2) is 103 Å². The zero-order valence-electron chi connectivity index (χ0n) is 18.6. The van der Waals surface area contributed by atoms with E-state index in [1.54, 1.807) is 18.9 Å². The van der Waals surface area contributed by atoms with Crippen LogP contribution in [0.5, 0.6) is 0 Å². The number of esters is 1. The lowest BCUT2D eigenvalue weighted by Gasteiger charge is -2.19. The Balaban J connectivity index is 3.11. The van der Waals surface area contributed by atoms with Crippen molar-refractivity contribution in [3.63, 3.8) is 0 Å². The van der Waals surface area contributed by atoms with Gasteiger partial charge in [0.25, 0.3) is 0 Å². The van der Waals surface area contributed by atoms with Crippen LogP contribution in [0.1, 0.15) is 27.2 Å². The largest absolute Gasteiger partial charge is 0.460 e. The fraction of sp³-hybridized carbons (Fsp3) is 0.950. The molecular weight excluding hydrogens is 400 g/mol. The van der Waals surface area contributed by atoms with E-state index in [1.807, 2.05) is 20.8 Å². The summed E-state index contributed by atoms with van der Waals surface area (Å²) in [6.45, 7) is 11.8. The van der Waals surface area contributed by atoms with E-state index in [1.165, 1.54) is 0 Å². The molecule has 0 spiro atoms. The van der Waals surface area contributed by atoms with Crippen molar-refractivity contribution in [2.75, 3.05) is 91.3 Å². The van der Waals surface area contributed by atoms with Gasteiger partial charge >= 0.3 is 5.97 Å². The molecule has 0 rings (SSSR count). The monoisotopic (exact) mass is 440 g/mol. The molecule has 0 radical (unpaired) electrons. The average molecular weight is 441 g/mol. The van der Waals surface area contributed by atoms with Crippen molar-refractivity contribution in [2.45, 2.75) is 32.8 Å². The van der Waals surface area contributed by atoms with Crippen molar-refractivity contribution in [3.05, 3.63) is 0 Å². The number of carbonyl (C=O) groups excluding carboxylic acids is 1. The summed E-state index contributed by atoms with van der Waals surface area (Å²) in [6.07, 6.45) is 0.255. The van der Waals surface area contributed by atoms with Gasteiger partial charge in [-0.1, -0.05) is 0 Å². The number of hydrogen-bond donors (Lipinski definition) is 0. The summed E-state index contributed by atoms with van der Waals surface area (Å²) >= 11 is 1.80. The molecule has 0 fully saturated rings. The van der Waals surface area contributed by atoms with Crippen LogP contribution in [0.3, 0.4) is 0 Å². The van der Waals surface area contributed by atoms with E-state index in [-0.39, 0.29) is 12.4 Å². The number of hydrogen-bond acceptors (Lipinski definition) is 9. The summed E-state index contributed by atoms with van der Waals surface area (Å²) in [4.78, 5) is 11.5. The van der Waals surface area contributed by atoms with Crippen molar-refractivity contribution < 1.29 is 38.0 Å². The van der Waals surface area contributed by atoms with Gasteiger partial charge < -0.3 is 33.2 Å². The highest BCUT2D eigenvalue weighted by molar-refractivity contribution is 7.99. The first-order valence-electron chi connectivity index (χ1n) is 10.1. The highest BCUT2D eigenvalue weighted by Crippen LogP contribution is 2.08. The van der Waals surface area contributed by atoms with Crippen molar-refractivity contribution in [2.24, 2.45) is 0 Å². The summed E-state index contributed by atoms with van der Waals surface area (Å²) in [5.74, 6) is 1.63. The van der Waals surface area contributed by atoms with E-state index in [2.05, 4.69) is 0 Å². The maximum Gasteiger partial charge on any atom is 0.308 e. The average Bonchev–Trinajstić information content (AvgIpc) is 2.65.